The third kappa shape index (κ3) is 5.75. The van der Waals surface area contributed by atoms with Crippen molar-refractivity contribution in [1.29, 1.82) is 0 Å². The number of anilines is 1. The van der Waals surface area contributed by atoms with Crippen LogP contribution in [0.15, 0.2) is 42.5 Å². The van der Waals surface area contributed by atoms with Crippen molar-refractivity contribution in [2.45, 2.75) is 50.1 Å². The molecule has 182 valence electrons. The summed E-state index contributed by atoms with van der Waals surface area (Å²) in [4.78, 5) is 0. The van der Waals surface area contributed by atoms with Gasteiger partial charge in [0.15, 0.2) is 0 Å². The van der Waals surface area contributed by atoms with Gasteiger partial charge in [-0.1, -0.05) is 24.3 Å². The van der Waals surface area contributed by atoms with E-state index in [9.17, 15) is 21.6 Å². The summed E-state index contributed by atoms with van der Waals surface area (Å²) in [6.07, 6.45) is 5.32. The minimum atomic E-state index is -4.45. The molecule has 5 nitrogen and oxygen atoms in total. The lowest BCUT2D eigenvalue weighted by molar-refractivity contribution is -0.138. The van der Waals surface area contributed by atoms with E-state index in [2.05, 4.69) is 22.2 Å². The number of alkyl halides is 4. The zero-order chi connectivity index (χ0) is 23.6. The number of sulfonamides is 1. The monoisotopic (exact) mass is 504 g/mol. The molecule has 1 fully saturated rings. The number of rotatable bonds is 7. The number of hydrogen-bond donors (Lipinski definition) is 2. The van der Waals surface area contributed by atoms with Crippen molar-refractivity contribution in [1.82, 2.24) is 4.72 Å². The molecule has 0 spiro atoms. The number of fused-ring (bicyclic) bond motifs is 3. The Morgan fingerprint density at radius 3 is 2.73 bits per heavy atom. The van der Waals surface area contributed by atoms with Crippen molar-refractivity contribution < 1.29 is 26.3 Å². The topological polar surface area (TPSA) is 67.4 Å². The van der Waals surface area contributed by atoms with Crippen molar-refractivity contribution in [3.05, 3.63) is 53.6 Å². The van der Waals surface area contributed by atoms with Crippen LogP contribution in [0.25, 0.3) is 0 Å². The van der Waals surface area contributed by atoms with Gasteiger partial charge in [-0.25, -0.2) is 13.1 Å². The highest BCUT2D eigenvalue weighted by molar-refractivity contribution is 7.89. The van der Waals surface area contributed by atoms with Gasteiger partial charge in [0, 0.05) is 41.6 Å². The molecule has 1 aromatic carbocycles. The van der Waals surface area contributed by atoms with Gasteiger partial charge >= 0.3 is 6.18 Å². The number of halogens is 4. The molecule has 0 saturated carbocycles. The number of allylic oxidation sites excluding steroid dienone is 3. The van der Waals surface area contributed by atoms with Gasteiger partial charge < -0.3 is 10.1 Å². The zero-order valence-corrected chi connectivity index (χ0v) is 19.6. The van der Waals surface area contributed by atoms with Gasteiger partial charge in [-0.3, -0.25) is 0 Å². The van der Waals surface area contributed by atoms with Gasteiger partial charge in [0.1, 0.15) is 0 Å². The highest BCUT2D eigenvalue weighted by Gasteiger charge is 2.45. The molecule has 1 unspecified atom stereocenters. The Morgan fingerprint density at radius 1 is 1.21 bits per heavy atom. The van der Waals surface area contributed by atoms with Crippen LogP contribution in [-0.4, -0.2) is 38.7 Å². The summed E-state index contributed by atoms with van der Waals surface area (Å²) in [6.45, 7) is 0.0896. The van der Waals surface area contributed by atoms with Crippen LogP contribution in [0.1, 0.15) is 42.9 Å². The van der Waals surface area contributed by atoms with Crippen molar-refractivity contribution >= 4 is 27.3 Å². The molecule has 4 rings (SSSR count). The SMILES string of the molecule is O=S(=O)(CCCCl)NC[C@H]1CC[C@@H]2[C@H](O1)c1cc(C(F)(F)F)ccc1N[C@H]2C1C=CC=CC1. The van der Waals surface area contributed by atoms with Crippen LogP contribution in [0, 0.1) is 11.8 Å². The van der Waals surface area contributed by atoms with Gasteiger partial charge in [-0.15, -0.1) is 11.6 Å². The first-order valence-corrected chi connectivity index (χ1v) is 13.4. The maximum atomic E-state index is 13.4. The standard InChI is InChI=1S/C23H28ClF3N2O3S/c24-11-4-12-33(30,31)28-14-17-8-9-18-21(15-5-2-1-3-6-15)29-20-10-7-16(23(25,26)27)13-19(20)22(18)32-17/h1-3,5,7,10,13,15,17-18,21-22,28-29H,4,6,8-9,11-12,14H2/t15?,17-,18+,21+,22+/m1/s1. The maximum Gasteiger partial charge on any atom is 0.416 e. The number of nitrogens with one attached hydrogen (secondary N) is 2. The number of ether oxygens (including phenoxy) is 1. The summed E-state index contributed by atoms with van der Waals surface area (Å²) in [6, 6.07) is 3.75. The fourth-order valence-electron chi connectivity index (χ4n) is 4.95. The first kappa shape index (κ1) is 24.6. The van der Waals surface area contributed by atoms with Crippen LogP contribution in [0.2, 0.25) is 0 Å². The van der Waals surface area contributed by atoms with E-state index in [1.54, 1.807) is 0 Å². The molecule has 1 aliphatic carbocycles. The van der Waals surface area contributed by atoms with E-state index in [4.69, 9.17) is 16.3 Å². The van der Waals surface area contributed by atoms with Crippen LogP contribution in [0.3, 0.4) is 0 Å². The van der Waals surface area contributed by atoms with Gasteiger partial charge in [-0.05, 0) is 43.9 Å². The first-order chi connectivity index (χ1) is 15.7. The number of benzene rings is 1. The molecule has 2 N–H and O–H groups in total. The van der Waals surface area contributed by atoms with Crippen molar-refractivity contribution in [3.8, 4) is 0 Å². The predicted molar refractivity (Wildman–Crippen MR) is 123 cm³/mol. The normalized spacial score (nSPS) is 29.3. The van der Waals surface area contributed by atoms with Gasteiger partial charge in [0.2, 0.25) is 10.0 Å². The molecule has 0 amide bonds. The molecule has 2 aliphatic heterocycles. The summed E-state index contributed by atoms with van der Waals surface area (Å²) < 4.78 is 73.4. The molecule has 2 heterocycles. The Morgan fingerprint density at radius 2 is 2.03 bits per heavy atom. The van der Waals surface area contributed by atoms with Crippen LogP contribution in [-0.2, 0) is 20.9 Å². The van der Waals surface area contributed by atoms with Crippen LogP contribution >= 0.6 is 11.6 Å². The average Bonchev–Trinajstić information content (AvgIpc) is 2.80. The fourth-order valence-corrected chi connectivity index (χ4v) is 6.35. The van der Waals surface area contributed by atoms with Gasteiger partial charge in [0.05, 0.1) is 23.5 Å². The van der Waals surface area contributed by atoms with E-state index in [0.29, 0.717) is 24.1 Å². The van der Waals surface area contributed by atoms with E-state index >= 15 is 0 Å². The molecule has 0 radical (unpaired) electrons. The summed E-state index contributed by atoms with van der Waals surface area (Å²) in [5.74, 6) is 0.362. The Labute approximate surface area is 197 Å². The van der Waals surface area contributed by atoms with Gasteiger partial charge in [0.25, 0.3) is 0 Å². The quantitative estimate of drug-likeness (QED) is 0.512. The third-order valence-corrected chi connectivity index (χ3v) is 8.27. The Kier molecular flexibility index (Phi) is 7.43. The van der Waals surface area contributed by atoms with Gasteiger partial charge in [-0.2, -0.15) is 13.2 Å². The second-order valence-corrected chi connectivity index (χ2v) is 11.1. The highest BCUT2D eigenvalue weighted by Crippen LogP contribution is 2.49. The molecule has 0 bridgehead atoms. The minimum Gasteiger partial charge on any atom is -0.381 e. The summed E-state index contributed by atoms with van der Waals surface area (Å²) in [5, 5.41) is 3.48. The second-order valence-electron chi connectivity index (χ2n) is 8.81. The lowest BCUT2D eigenvalue weighted by Crippen LogP contribution is -2.48. The Hall–Kier alpha value is -1.55. The Bertz CT molecular complexity index is 1010. The largest absolute Gasteiger partial charge is 0.416 e. The van der Waals surface area contributed by atoms with Crippen LogP contribution in [0.4, 0.5) is 18.9 Å². The van der Waals surface area contributed by atoms with Crippen molar-refractivity contribution in [3.63, 3.8) is 0 Å². The first-order valence-electron chi connectivity index (χ1n) is 11.2. The van der Waals surface area contributed by atoms with E-state index < -0.39 is 34.0 Å². The van der Waals surface area contributed by atoms with Crippen LogP contribution < -0.4 is 10.0 Å². The molecular formula is C23H28ClF3N2O3S. The maximum absolute atomic E-state index is 13.4. The van der Waals surface area contributed by atoms with E-state index in [-0.39, 0.29) is 36.1 Å². The Balaban J connectivity index is 1.58. The van der Waals surface area contributed by atoms with Crippen molar-refractivity contribution in [2.75, 3.05) is 23.5 Å². The smallest absolute Gasteiger partial charge is 0.381 e. The van der Waals surface area contributed by atoms with E-state index in [1.165, 1.54) is 12.1 Å². The van der Waals surface area contributed by atoms with Crippen LogP contribution in [0.5, 0.6) is 0 Å². The molecular weight excluding hydrogens is 477 g/mol. The van der Waals surface area contributed by atoms with E-state index in [0.717, 1.165) is 18.9 Å². The molecule has 5 atom stereocenters. The fraction of sp³-hybridized carbons (Fsp3) is 0.565. The summed E-state index contributed by atoms with van der Waals surface area (Å²) >= 11 is 5.59. The minimum absolute atomic E-state index is 0.0156. The van der Waals surface area contributed by atoms with E-state index in [1.807, 2.05) is 12.2 Å². The predicted octanol–water partition coefficient (Wildman–Crippen LogP) is 5.02. The van der Waals surface area contributed by atoms with Crippen molar-refractivity contribution in [2.24, 2.45) is 11.8 Å². The molecule has 0 aromatic heterocycles. The summed E-state index contributed by atoms with van der Waals surface area (Å²) in [7, 11) is -3.48. The molecule has 3 aliphatic rings. The zero-order valence-electron chi connectivity index (χ0n) is 18.0. The molecule has 1 aromatic rings. The molecule has 33 heavy (non-hydrogen) atoms. The number of hydrogen-bond acceptors (Lipinski definition) is 4. The molecule has 10 heteroatoms. The highest BCUT2D eigenvalue weighted by atomic mass is 35.5. The summed E-state index contributed by atoms with van der Waals surface area (Å²) in [5.41, 5.74) is 0.407. The third-order valence-electron chi connectivity index (χ3n) is 6.57. The second kappa shape index (κ2) is 9.98. The lowest BCUT2D eigenvalue weighted by Gasteiger charge is -2.47. The molecule has 1 saturated heterocycles. The lowest BCUT2D eigenvalue weighted by atomic mass is 9.73. The average molecular weight is 505 g/mol.